The molecule has 0 amide bonds. The molecule has 1 unspecified atom stereocenters. The summed E-state index contributed by atoms with van der Waals surface area (Å²) in [7, 11) is 2.14. The van der Waals surface area contributed by atoms with E-state index in [4.69, 9.17) is 9.16 Å². The highest BCUT2D eigenvalue weighted by Crippen LogP contribution is 2.52. The Balaban J connectivity index is 2.05. The largest absolute Gasteiger partial charge is 0.553 e. The number of hydrogen-bond acceptors (Lipinski definition) is 3. The number of rotatable bonds is 5. The molecule has 4 rings (SSSR count). The maximum Gasteiger partial charge on any atom is 0.333 e. The van der Waals surface area contributed by atoms with Crippen LogP contribution in [0.1, 0.15) is 65.6 Å². The first-order valence-corrected chi connectivity index (χ1v) is 12.3. The number of carboxylic acid groups (broad SMARTS) is 1. The molecular weight excluding hydrogens is 440 g/mol. The van der Waals surface area contributed by atoms with Crippen molar-refractivity contribution in [3.63, 3.8) is 0 Å². The number of carbonyl (C=O) groups is 1. The van der Waals surface area contributed by atoms with Crippen LogP contribution in [0.15, 0.2) is 60.2 Å². The van der Waals surface area contributed by atoms with Crippen molar-refractivity contribution in [2.24, 2.45) is 0 Å². The van der Waals surface area contributed by atoms with Crippen LogP contribution in [0.25, 0.3) is 5.57 Å². The van der Waals surface area contributed by atoms with Gasteiger partial charge in [0.1, 0.15) is 11.5 Å². The van der Waals surface area contributed by atoms with Crippen LogP contribution >= 0.6 is 0 Å². The van der Waals surface area contributed by atoms with E-state index in [2.05, 4.69) is 40.7 Å². The lowest BCUT2D eigenvalue weighted by atomic mass is 9.77. The second-order valence-corrected chi connectivity index (χ2v) is 10.3. The van der Waals surface area contributed by atoms with E-state index >= 15 is 0 Å². The Morgan fingerprint density at radius 1 is 1.00 bits per heavy atom. The first kappa shape index (κ1) is 23.8. The predicted octanol–water partition coefficient (Wildman–Crippen LogP) is 5.30. The Bertz CT molecular complexity index is 1300. The van der Waals surface area contributed by atoms with Gasteiger partial charge in [0.2, 0.25) is 10.5 Å². The summed E-state index contributed by atoms with van der Waals surface area (Å²) in [6, 6.07) is 17.7. The average molecular weight is 473 g/mol. The summed E-state index contributed by atoms with van der Waals surface area (Å²) in [5.41, 5.74) is 8.32. The predicted molar refractivity (Wildman–Crippen MR) is 140 cm³/mol. The fourth-order valence-corrected chi connectivity index (χ4v) is 6.22. The van der Waals surface area contributed by atoms with E-state index in [9.17, 15) is 9.90 Å². The Morgan fingerprint density at radius 2 is 1.65 bits per heavy atom. The minimum atomic E-state index is -0.915. The lowest BCUT2D eigenvalue weighted by molar-refractivity contribution is -0.132. The molecule has 0 fully saturated rings. The maximum absolute atomic E-state index is 12.8. The van der Waals surface area contributed by atoms with Crippen molar-refractivity contribution < 1.29 is 19.1 Å². The highest BCUT2D eigenvalue weighted by atomic mass is 28.2. The van der Waals surface area contributed by atoms with Crippen molar-refractivity contribution in [2.45, 2.75) is 46.0 Å². The third-order valence-electron chi connectivity index (χ3n) is 6.72. The van der Waals surface area contributed by atoms with Crippen LogP contribution in [-0.2, 0) is 10.2 Å². The molecular formula is C29H32O4Si. The molecule has 0 aromatic heterocycles. The van der Waals surface area contributed by atoms with E-state index in [1.807, 2.05) is 48.5 Å². The van der Waals surface area contributed by atoms with Crippen LogP contribution in [0.5, 0.6) is 11.5 Å². The third kappa shape index (κ3) is 3.84. The molecule has 5 heteroatoms. The number of hydrogen-bond donors (Lipinski definition) is 1. The smallest absolute Gasteiger partial charge is 0.333 e. The maximum atomic E-state index is 12.8. The zero-order valence-corrected chi connectivity index (χ0v) is 22.9. The van der Waals surface area contributed by atoms with Gasteiger partial charge in [0.15, 0.2) is 0 Å². The molecule has 3 aromatic carbocycles. The van der Waals surface area contributed by atoms with Crippen molar-refractivity contribution in [1.82, 2.24) is 0 Å². The second kappa shape index (κ2) is 8.80. The summed E-state index contributed by atoms with van der Waals surface area (Å²) >= 11 is 0. The summed E-state index contributed by atoms with van der Waals surface area (Å²) < 4.78 is 11.4. The molecule has 0 spiro atoms. The molecule has 0 bridgehead atoms. The number of aryl methyl sites for hydroxylation is 1. The van der Waals surface area contributed by atoms with E-state index in [-0.39, 0.29) is 5.41 Å². The molecule has 176 valence electrons. The van der Waals surface area contributed by atoms with Gasteiger partial charge in [-0.25, -0.2) is 4.79 Å². The quantitative estimate of drug-likeness (QED) is 0.512. The Kier molecular flexibility index (Phi) is 6.17. The molecule has 0 saturated carbocycles. The molecule has 0 aliphatic heterocycles. The zero-order chi connectivity index (χ0) is 24.8. The van der Waals surface area contributed by atoms with Crippen LogP contribution in [0.2, 0.25) is 0 Å². The van der Waals surface area contributed by atoms with E-state index in [0.717, 1.165) is 50.5 Å². The number of fused-ring (bicyclic) bond motifs is 1. The van der Waals surface area contributed by atoms with Gasteiger partial charge < -0.3 is 14.3 Å². The molecule has 3 aromatic rings. The summed E-state index contributed by atoms with van der Waals surface area (Å²) in [5.74, 6) is 0.221. The van der Waals surface area contributed by atoms with Crippen molar-refractivity contribution in [3.8, 4) is 11.5 Å². The minimum Gasteiger partial charge on any atom is -0.553 e. The van der Waals surface area contributed by atoms with Crippen LogP contribution in [0.3, 0.4) is 0 Å². The van der Waals surface area contributed by atoms with Gasteiger partial charge >= 0.3 is 5.97 Å². The van der Waals surface area contributed by atoms with Crippen molar-refractivity contribution >= 4 is 22.0 Å². The molecule has 1 aliphatic carbocycles. The standard InChI is InChI=1S/C29H32O4Si/c1-16-15-22(27(33-34)17(2)26(16)29(3,4)5)24-21-10-8-7-9-20(21)23(25(24)28(30)31)18-11-13-19(32-6)14-12-18/h7-15,24H,1-6,34H3,(H,30,31). The van der Waals surface area contributed by atoms with Gasteiger partial charge in [-0.15, -0.1) is 0 Å². The lowest BCUT2D eigenvalue weighted by Gasteiger charge is -2.29. The highest BCUT2D eigenvalue weighted by Gasteiger charge is 2.39. The number of ether oxygens (including phenoxy) is 1. The Morgan fingerprint density at radius 3 is 2.21 bits per heavy atom. The van der Waals surface area contributed by atoms with Crippen LogP contribution < -0.4 is 9.16 Å². The molecule has 4 nitrogen and oxygen atoms in total. The fourth-order valence-electron chi connectivity index (χ4n) is 5.68. The van der Waals surface area contributed by atoms with Gasteiger partial charge in [-0.1, -0.05) is 63.2 Å². The Hall–Kier alpha value is -3.31. The number of carboxylic acids is 1. The van der Waals surface area contributed by atoms with Gasteiger partial charge in [-0.2, -0.15) is 0 Å². The molecule has 0 radical (unpaired) electrons. The molecule has 1 aliphatic rings. The Labute approximate surface area is 204 Å². The molecule has 0 saturated heterocycles. The second-order valence-electron chi connectivity index (χ2n) is 9.91. The monoisotopic (exact) mass is 472 g/mol. The van der Waals surface area contributed by atoms with E-state index in [0.29, 0.717) is 16.1 Å². The normalized spacial score (nSPS) is 15.4. The number of benzene rings is 3. The van der Waals surface area contributed by atoms with Gasteiger partial charge in [0, 0.05) is 17.1 Å². The third-order valence-corrected chi connectivity index (χ3v) is 7.13. The molecule has 1 N–H and O–H groups in total. The number of methoxy groups -OCH3 is 1. The van der Waals surface area contributed by atoms with E-state index < -0.39 is 11.9 Å². The summed E-state index contributed by atoms with van der Waals surface area (Å²) in [6.07, 6.45) is 0. The summed E-state index contributed by atoms with van der Waals surface area (Å²) in [6.45, 7) is 10.8. The van der Waals surface area contributed by atoms with Gasteiger partial charge in [0.05, 0.1) is 12.7 Å². The van der Waals surface area contributed by atoms with E-state index in [1.54, 1.807) is 7.11 Å². The summed E-state index contributed by atoms with van der Waals surface area (Å²) in [4.78, 5) is 12.8. The first-order chi connectivity index (χ1) is 16.1. The SMILES string of the molecule is COc1ccc(C2=C(C(=O)O)C(c3cc(C)c(C(C)(C)C)c(C)c3O[SiH3])c3ccccc32)cc1. The van der Waals surface area contributed by atoms with Crippen LogP contribution in [0.4, 0.5) is 0 Å². The van der Waals surface area contributed by atoms with Crippen LogP contribution in [0, 0.1) is 13.8 Å². The average Bonchev–Trinajstić information content (AvgIpc) is 3.13. The molecule has 0 heterocycles. The van der Waals surface area contributed by atoms with Gasteiger partial charge in [-0.05, 0) is 64.8 Å². The summed E-state index contributed by atoms with van der Waals surface area (Å²) in [5, 5.41) is 10.5. The van der Waals surface area contributed by atoms with Gasteiger partial charge in [-0.3, -0.25) is 0 Å². The fraction of sp³-hybridized carbons (Fsp3) is 0.276. The number of aliphatic carboxylic acids is 1. The topological polar surface area (TPSA) is 55.8 Å². The zero-order valence-electron chi connectivity index (χ0n) is 20.9. The van der Waals surface area contributed by atoms with Gasteiger partial charge in [0.25, 0.3) is 0 Å². The molecule has 34 heavy (non-hydrogen) atoms. The van der Waals surface area contributed by atoms with Crippen LogP contribution in [-0.4, -0.2) is 28.7 Å². The molecule has 1 atom stereocenters. The van der Waals surface area contributed by atoms with Crippen molar-refractivity contribution in [1.29, 1.82) is 0 Å². The first-order valence-electron chi connectivity index (χ1n) is 11.5. The van der Waals surface area contributed by atoms with Crippen molar-refractivity contribution in [3.05, 3.63) is 99.1 Å². The van der Waals surface area contributed by atoms with Crippen molar-refractivity contribution in [2.75, 3.05) is 7.11 Å². The highest BCUT2D eigenvalue weighted by molar-refractivity contribution is 6.07. The van der Waals surface area contributed by atoms with E-state index in [1.165, 1.54) is 5.56 Å². The minimum absolute atomic E-state index is 0.0468. The lowest BCUT2D eigenvalue weighted by Crippen LogP contribution is -2.18.